The summed E-state index contributed by atoms with van der Waals surface area (Å²) in [5, 5.41) is 12.7. The number of hydrogen-bond donors (Lipinski definition) is 2. The maximum atomic E-state index is 12.2. The highest BCUT2D eigenvalue weighted by molar-refractivity contribution is 6.29. The van der Waals surface area contributed by atoms with Crippen molar-refractivity contribution < 1.29 is 9.90 Å². The second-order valence-corrected chi connectivity index (χ2v) is 4.92. The Kier molecular flexibility index (Phi) is 4.37. The van der Waals surface area contributed by atoms with Crippen molar-refractivity contribution >= 4 is 23.2 Å². The molecule has 1 atom stereocenters. The van der Waals surface area contributed by atoms with Crippen LogP contribution in [0, 0.1) is 6.92 Å². The quantitative estimate of drug-likeness (QED) is 0.852. The number of carbonyl (C=O) groups is 1. The van der Waals surface area contributed by atoms with Crippen LogP contribution in [0.1, 0.15) is 34.6 Å². The first-order valence-corrected chi connectivity index (χ1v) is 6.57. The van der Waals surface area contributed by atoms with E-state index in [1.54, 1.807) is 38.1 Å². The number of nitrogens with one attached hydrogen (secondary N) is 1. The lowest BCUT2D eigenvalue weighted by Gasteiger charge is -2.13. The van der Waals surface area contributed by atoms with Crippen LogP contribution < -0.4 is 5.32 Å². The van der Waals surface area contributed by atoms with Gasteiger partial charge in [0.1, 0.15) is 5.15 Å². The van der Waals surface area contributed by atoms with E-state index in [1.165, 1.54) is 6.07 Å². The number of anilines is 1. The molecule has 1 unspecified atom stereocenters. The van der Waals surface area contributed by atoms with Gasteiger partial charge in [-0.15, -0.1) is 0 Å². The van der Waals surface area contributed by atoms with Crippen LogP contribution in [0.2, 0.25) is 5.15 Å². The molecule has 0 aliphatic carbocycles. The van der Waals surface area contributed by atoms with Gasteiger partial charge >= 0.3 is 0 Å². The monoisotopic (exact) mass is 290 g/mol. The van der Waals surface area contributed by atoms with Gasteiger partial charge in [0.05, 0.1) is 6.10 Å². The minimum absolute atomic E-state index is 0.277. The Morgan fingerprint density at radius 3 is 2.70 bits per heavy atom. The predicted molar refractivity (Wildman–Crippen MR) is 79.0 cm³/mol. The average Bonchev–Trinajstić information content (AvgIpc) is 2.37. The SMILES string of the molecule is Cc1cc(C(=O)Nc2ccccc2C(C)O)cc(Cl)n1. The molecule has 1 aromatic carbocycles. The minimum atomic E-state index is -0.658. The molecule has 0 saturated carbocycles. The molecule has 4 nitrogen and oxygen atoms in total. The van der Waals surface area contributed by atoms with Crippen LogP contribution in [-0.4, -0.2) is 16.0 Å². The lowest BCUT2D eigenvalue weighted by Crippen LogP contribution is -2.14. The zero-order chi connectivity index (χ0) is 14.7. The van der Waals surface area contributed by atoms with Crippen LogP contribution in [0.3, 0.4) is 0 Å². The van der Waals surface area contributed by atoms with E-state index in [9.17, 15) is 9.90 Å². The van der Waals surface area contributed by atoms with E-state index in [0.717, 1.165) is 0 Å². The Bertz CT molecular complexity index is 621. The molecular weight excluding hydrogens is 276 g/mol. The number of nitrogens with zero attached hydrogens (tertiary/aromatic N) is 1. The number of amides is 1. The van der Waals surface area contributed by atoms with Crippen molar-refractivity contribution in [3.05, 3.63) is 58.4 Å². The zero-order valence-electron chi connectivity index (χ0n) is 11.2. The van der Waals surface area contributed by atoms with Crippen molar-refractivity contribution in [2.45, 2.75) is 20.0 Å². The lowest BCUT2D eigenvalue weighted by molar-refractivity contribution is 0.102. The number of aromatic nitrogens is 1. The predicted octanol–water partition coefficient (Wildman–Crippen LogP) is 3.35. The summed E-state index contributed by atoms with van der Waals surface area (Å²) >= 11 is 5.85. The molecule has 2 rings (SSSR count). The van der Waals surface area contributed by atoms with E-state index in [2.05, 4.69) is 10.3 Å². The fraction of sp³-hybridized carbons (Fsp3) is 0.200. The van der Waals surface area contributed by atoms with Crippen molar-refractivity contribution in [1.82, 2.24) is 4.98 Å². The molecule has 1 heterocycles. The molecule has 0 spiro atoms. The van der Waals surface area contributed by atoms with Crippen LogP contribution in [0.5, 0.6) is 0 Å². The van der Waals surface area contributed by atoms with E-state index in [0.29, 0.717) is 22.5 Å². The Labute approximate surface area is 122 Å². The normalized spacial score (nSPS) is 12.0. The number of halogens is 1. The second kappa shape index (κ2) is 6.03. The molecule has 0 bridgehead atoms. The van der Waals surface area contributed by atoms with Crippen LogP contribution in [0.15, 0.2) is 36.4 Å². The molecule has 2 aromatic rings. The molecular formula is C15H15ClN2O2. The summed E-state index contributed by atoms with van der Waals surface area (Å²) in [6.07, 6.45) is -0.658. The highest BCUT2D eigenvalue weighted by atomic mass is 35.5. The molecule has 104 valence electrons. The number of aryl methyl sites for hydroxylation is 1. The first kappa shape index (κ1) is 14.5. The molecule has 0 saturated heterocycles. The highest BCUT2D eigenvalue weighted by Crippen LogP contribution is 2.23. The van der Waals surface area contributed by atoms with Gasteiger partial charge in [0, 0.05) is 22.5 Å². The molecule has 5 heteroatoms. The molecule has 0 radical (unpaired) electrons. The summed E-state index contributed by atoms with van der Waals surface area (Å²) in [6, 6.07) is 10.3. The molecule has 0 aliphatic rings. The molecule has 2 N–H and O–H groups in total. The van der Waals surface area contributed by atoms with Crippen LogP contribution in [-0.2, 0) is 0 Å². The minimum Gasteiger partial charge on any atom is -0.389 e. The van der Waals surface area contributed by atoms with Crippen molar-refractivity contribution in [2.75, 3.05) is 5.32 Å². The number of benzene rings is 1. The summed E-state index contributed by atoms with van der Waals surface area (Å²) in [5.41, 5.74) is 2.35. The zero-order valence-corrected chi connectivity index (χ0v) is 12.0. The maximum absolute atomic E-state index is 12.2. The standard InChI is InChI=1S/C15H15ClN2O2/c1-9-7-11(8-14(16)17-9)15(20)18-13-6-4-3-5-12(13)10(2)19/h3-8,10,19H,1-2H3,(H,18,20). The summed E-state index contributed by atoms with van der Waals surface area (Å²) in [5.74, 6) is -0.287. The first-order valence-electron chi connectivity index (χ1n) is 6.20. The van der Waals surface area contributed by atoms with Gasteiger partial charge in [-0.05, 0) is 32.0 Å². The van der Waals surface area contributed by atoms with Crippen LogP contribution >= 0.6 is 11.6 Å². The van der Waals surface area contributed by atoms with Gasteiger partial charge in [0.15, 0.2) is 0 Å². The number of para-hydroxylation sites is 1. The van der Waals surface area contributed by atoms with Gasteiger partial charge in [-0.1, -0.05) is 29.8 Å². The number of aliphatic hydroxyl groups excluding tert-OH is 1. The van der Waals surface area contributed by atoms with E-state index in [-0.39, 0.29) is 11.1 Å². The van der Waals surface area contributed by atoms with Crippen molar-refractivity contribution in [1.29, 1.82) is 0 Å². The fourth-order valence-electron chi connectivity index (χ4n) is 1.93. The van der Waals surface area contributed by atoms with Gasteiger partial charge in [0.25, 0.3) is 5.91 Å². The van der Waals surface area contributed by atoms with Crippen molar-refractivity contribution in [3.63, 3.8) is 0 Å². The third-order valence-electron chi connectivity index (χ3n) is 2.84. The van der Waals surface area contributed by atoms with Gasteiger partial charge < -0.3 is 10.4 Å². The summed E-state index contributed by atoms with van der Waals surface area (Å²) in [7, 11) is 0. The second-order valence-electron chi connectivity index (χ2n) is 4.54. The van der Waals surface area contributed by atoms with Crippen molar-refractivity contribution in [2.24, 2.45) is 0 Å². The van der Waals surface area contributed by atoms with Crippen LogP contribution in [0.25, 0.3) is 0 Å². The Morgan fingerprint density at radius 1 is 1.35 bits per heavy atom. The Morgan fingerprint density at radius 2 is 2.05 bits per heavy atom. The smallest absolute Gasteiger partial charge is 0.255 e. The third kappa shape index (κ3) is 3.35. The number of pyridine rings is 1. The van der Waals surface area contributed by atoms with E-state index < -0.39 is 6.10 Å². The van der Waals surface area contributed by atoms with Gasteiger partial charge in [-0.25, -0.2) is 4.98 Å². The van der Waals surface area contributed by atoms with E-state index in [4.69, 9.17) is 11.6 Å². The summed E-state index contributed by atoms with van der Waals surface area (Å²) in [4.78, 5) is 16.2. The lowest BCUT2D eigenvalue weighted by atomic mass is 10.1. The van der Waals surface area contributed by atoms with E-state index in [1.807, 2.05) is 6.07 Å². The highest BCUT2D eigenvalue weighted by Gasteiger charge is 2.12. The summed E-state index contributed by atoms with van der Waals surface area (Å²) < 4.78 is 0. The number of carbonyl (C=O) groups excluding carboxylic acids is 1. The van der Waals surface area contributed by atoms with Crippen molar-refractivity contribution in [3.8, 4) is 0 Å². The largest absolute Gasteiger partial charge is 0.389 e. The average molecular weight is 291 g/mol. The molecule has 1 amide bonds. The topological polar surface area (TPSA) is 62.2 Å². The molecule has 0 fully saturated rings. The van der Waals surface area contributed by atoms with Crippen LogP contribution in [0.4, 0.5) is 5.69 Å². The van der Waals surface area contributed by atoms with Gasteiger partial charge in [0.2, 0.25) is 0 Å². The third-order valence-corrected chi connectivity index (χ3v) is 3.04. The number of rotatable bonds is 3. The fourth-order valence-corrected chi connectivity index (χ4v) is 2.18. The summed E-state index contributed by atoms with van der Waals surface area (Å²) in [6.45, 7) is 3.42. The maximum Gasteiger partial charge on any atom is 0.255 e. The van der Waals surface area contributed by atoms with Gasteiger partial charge in [-0.3, -0.25) is 4.79 Å². The Hall–Kier alpha value is -1.91. The van der Waals surface area contributed by atoms with E-state index >= 15 is 0 Å². The number of aliphatic hydroxyl groups is 1. The van der Waals surface area contributed by atoms with Gasteiger partial charge in [-0.2, -0.15) is 0 Å². The Balaban J connectivity index is 2.28. The number of hydrogen-bond acceptors (Lipinski definition) is 3. The molecule has 20 heavy (non-hydrogen) atoms. The molecule has 0 aliphatic heterocycles. The molecule has 1 aromatic heterocycles. The first-order chi connectivity index (χ1) is 9.47.